The van der Waals surface area contributed by atoms with E-state index in [1.54, 1.807) is 4.90 Å². The van der Waals surface area contributed by atoms with Gasteiger partial charge in [-0.05, 0) is 38.7 Å². The lowest BCUT2D eigenvalue weighted by Gasteiger charge is -2.34. The van der Waals surface area contributed by atoms with Gasteiger partial charge in [-0.15, -0.1) is 0 Å². The molecule has 3 rings (SSSR count). The molecule has 1 aliphatic rings. The number of nitrogens with zero attached hydrogens (tertiary/aromatic N) is 2. The van der Waals surface area contributed by atoms with E-state index in [1.807, 2.05) is 42.8 Å². The Balaban J connectivity index is 2.00. The van der Waals surface area contributed by atoms with Gasteiger partial charge in [0.05, 0.1) is 5.56 Å². The number of aromatic nitrogens is 1. The normalized spacial score (nSPS) is 18.4. The van der Waals surface area contributed by atoms with E-state index in [2.05, 4.69) is 6.92 Å². The summed E-state index contributed by atoms with van der Waals surface area (Å²) in [6.07, 6.45) is 4.05. The molecule has 1 aliphatic heterocycles. The number of hydrogen-bond acceptors (Lipinski definition) is 2. The molecule has 0 aliphatic carbocycles. The van der Waals surface area contributed by atoms with E-state index in [0.29, 0.717) is 12.1 Å². The van der Waals surface area contributed by atoms with Gasteiger partial charge in [-0.1, -0.05) is 25.1 Å². The van der Waals surface area contributed by atoms with Gasteiger partial charge in [-0.3, -0.25) is 9.59 Å². The number of Topliss-reactive ketones (excluding diaryl/α,β-unsaturated/α-hetero) is 1. The molecule has 2 heterocycles. The van der Waals surface area contributed by atoms with E-state index in [0.717, 1.165) is 42.3 Å². The molecule has 1 saturated heterocycles. The second-order valence-electron chi connectivity index (χ2n) is 6.42. The predicted molar refractivity (Wildman–Crippen MR) is 91.6 cm³/mol. The molecule has 4 nitrogen and oxygen atoms in total. The molecular formula is C19H24N2O2. The third-order valence-electron chi connectivity index (χ3n) is 5.18. The summed E-state index contributed by atoms with van der Waals surface area (Å²) in [6.45, 7) is 4.70. The number of fused-ring (bicyclic) bond motifs is 1. The van der Waals surface area contributed by atoms with Crippen LogP contribution in [0.1, 0.15) is 48.7 Å². The minimum absolute atomic E-state index is 0.204. The first-order valence-electron chi connectivity index (χ1n) is 8.45. The van der Waals surface area contributed by atoms with Crippen molar-refractivity contribution >= 4 is 22.6 Å². The van der Waals surface area contributed by atoms with Gasteiger partial charge in [0.1, 0.15) is 0 Å². The Bertz CT molecular complexity index is 760. The van der Waals surface area contributed by atoms with Crippen molar-refractivity contribution < 1.29 is 9.59 Å². The summed E-state index contributed by atoms with van der Waals surface area (Å²) >= 11 is 0. The van der Waals surface area contributed by atoms with Gasteiger partial charge in [0.2, 0.25) is 0 Å². The molecule has 1 amide bonds. The van der Waals surface area contributed by atoms with Crippen LogP contribution >= 0.6 is 0 Å². The summed E-state index contributed by atoms with van der Waals surface area (Å²) in [6, 6.07) is 7.99. The highest BCUT2D eigenvalue weighted by atomic mass is 16.2. The quantitative estimate of drug-likeness (QED) is 0.643. The number of piperidine rings is 1. The second-order valence-corrected chi connectivity index (χ2v) is 6.42. The largest absolute Gasteiger partial charge is 0.347 e. The molecule has 1 atom stereocenters. The fourth-order valence-electron chi connectivity index (χ4n) is 3.74. The number of ketones is 1. The first kappa shape index (κ1) is 15.8. The molecule has 1 fully saturated rings. The number of amides is 1. The average molecular weight is 312 g/mol. The van der Waals surface area contributed by atoms with Crippen LogP contribution in [0.2, 0.25) is 0 Å². The van der Waals surface area contributed by atoms with E-state index < -0.39 is 0 Å². The lowest BCUT2D eigenvalue weighted by atomic mass is 9.98. The molecular weight excluding hydrogens is 288 g/mol. The number of hydrogen-bond donors (Lipinski definition) is 0. The van der Waals surface area contributed by atoms with E-state index in [-0.39, 0.29) is 17.7 Å². The third-order valence-corrected chi connectivity index (χ3v) is 5.18. The Morgan fingerprint density at radius 3 is 2.70 bits per heavy atom. The third kappa shape index (κ3) is 2.56. The van der Waals surface area contributed by atoms with Crippen molar-refractivity contribution in [2.75, 3.05) is 6.54 Å². The van der Waals surface area contributed by atoms with Crippen LogP contribution in [-0.4, -0.2) is 33.7 Å². The number of para-hydroxylation sites is 1. The van der Waals surface area contributed by atoms with Crippen molar-refractivity contribution in [1.29, 1.82) is 0 Å². The zero-order valence-electron chi connectivity index (χ0n) is 14.1. The molecule has 1 aromatic heterocycles. The molecule has 4 heteroatoms. The van der Waals surface area contributed by atoms with Crippen LogP contribution in [0.5, 0.6) is 0 Å². The van der Waals surface area contributed by atoms with Crippen LogP contribution in [0, 0.1) is 6.92 Å². The summed E-state index contributed by atoms with van der Waals surface area (Å²) in [4.78, 5) is 27.6. The topological polar surface area (TPSA) is 42.3 Å². The molecule has 0 spiro atoms. The zero-order chi connectivity index (χ0) is 16.6. The Kier molecular flexibility index (Phi) is 4.24. The number of aryl methyl sites for hydroxylation is 1. The van der Waals surface area contributed by atoms with Crippen LogP contribution in [0.3, 0.4) is 0 Å². The van der Waals surface area contributed by atoms with Crippen molar-refractivity contribution in [1.82, 2.24) is 9.47 Å². The Morgan fingerprint density at radius 1 is 1.22 bits per heavy atom. The average Bonchev–Trinajstić information content (AvgIpc) is 2.85. The molecule has 0 unspecified atom stereocenters. The predicted octanol–water partition coefficient (Wildman–Crippen LogP) is 3.46. The van der Waals surface area contributed by atoms with Crippen molar-refractivity contribution in [2.45, 2.75) is 45.6 Å². The summed E-state index contributed by atoms with van der Waals surface area (Å²) < 4.78 is 1.99. The fourth-order valence-corrected chi connectivity index (χ4v) is 3.74. The highest BCUT2D eigenvalue weighted by molar-refractivity contribution is 6.45. The Labute approximate surface area is 137 Å². The second kappa shape index (κ2) is 6.19. The SMILES string of the molecule is CC[C@H]1CCCCN1C(=O)C(=O)c1c(C)n(C)c2ccccc12. The number of carbonyl (C=O) groups excluding carboxylic acids is 2. The monoisotopic (exact) mass is 312 g/mol. The minimum Gasteiger partial charge on any atom is -0.347 e. The van der Waals surface area contributed by atoms with Crippen LogP contribution in [-0.2, 0) is 11.8 Å². The van der Waals surface area contributed by atoms with E-state index in [9.17, 15) is 9.59 Å². The maximum Gasteiger partial charge on any atom is 0.295 e. The van der Waals surface area contributed by atoms with Crippen molar-refractivity contribution in [2.24, 2.45) is 7.05 Å². The lowest BCUT2D eigenvalue weighted by Crippen LogP contribution is -2.46. The molecule has 0 N–H and O–H groups in total. The molecule has 0 saturated carbocycles. The molecule has 122 valence electrons. The van der Waals surface area contributed by atoms with Crippen molar-refractivity contribution in [3.63, 3.8) is 0 Å². The standard InChI is InChI=1S/C19H24N2O2/c1-4-14-9-7-8-12-21(14)19(23)18(22)17-13(2)20(3)16-11-6-5-10-15(16)17/h5-6,10-11,14H,4,7-9,12H2,1-3H3/t14-/m0/s1. The smallest absolute Gasteiger partial charge is 0.295 e. The summed E-state index contributed by atoms with van der Waals surface area (Å²) in [5.74, 6) is -0.698. The van der Waals surface area contributed by atoms with Gasteiger partial charge in [0, 0.05) is 36.2 Å². The highest BCUT2D eigenvalue weighted by Gasteiger charge is 2.32. The van der Waals surface area contributed by atoms with Crippen LogP contribution < -0.4 is 0 Å². The van der Waals surface area contributed by atoms with Crippen LogP contribution in [0.4, 0.5) is 0 Å². The number of rotatable bonds is 3. The first-order chi connectivity index (χ1) is 11.1. The van der Waals surface area contributed by atoms with Gasteiger partial charge in [-0.25, -0.2) is 0 Å². The van der Waals surface area contributed by atoms with Crippen LogP contribution in [0.25, 0.3) is 10.9 Å². The molecule has 1 aromatic carbocycles. The molecule has 23 heavy (non-hydrogen) atoms. The van der Waals surface area contributed by atoms with E-state index in [1.165, 1.54) is 0 Å². The number of benzene rings is 1. The van der Waals surface area contributed by atoms with Gasteiger partial charge in [-0.2, -0.15) is 0 Å². The first-order valence-corrected chi connectivity index (χ1v) is 8.45. The molecule has 2 aromatic rings. The number of likely N-dealkylation sites (tertiary alicyclic amines) is 1. The highest BCUT2D eigenvalue weighted by Crippen LogP contribution is 2.27. The summed E-state index contributed by atoms with van der Waals surface area (Å²) in [7, 11) is 1.94. The molecule has 0 bridgehead atoms. The minimum atomic E-state index is -0.361. The van der Waals surface area contributed by atoms with Crippen LogP contribution in [0.15, 0.2) is 24.3 Å². The maximum atomic E-state index is 12.9. The Morgan fingerprint density at radius 2 is 1.96 bits per heavy atom. The fraction of sp³-hybridized carbons (Fsp3) is 0.474. The van der Waals surface area contributed by atoms with Crippen molar-refractivity contribution in [3.05, 3.63) is 35.5 Å². The van der Waals surface area contributed by atoms with E-state index in [4.69, 9.17) is 0 Å². The molecule has 0 radical (unpaired) electrons. The van der Waals surface area contributed by atoms with Gasteiger partial charge < -0.3 is 9.47 Å². The number of carbonyl (C=O) groups is 2. The maximum absolute atomic E-state index is 12.9. The summed E-state index contributed by atoms with van der Waals surface area (Å²) in [5, 5.41) is 0.871. The van der Waals surface area contributed by atoms with Crippen molar-refractivity contribution in [3.8, 4) is 0 Å². The zero-order valence-corrected chi connectivity index (χ0v) is 14.1. The lowest BCUT2D eigenvalue weighted by molar-refractivity contribution is -0.130. The van der Waals surface area contributed by atoms with Gasteiger partial charge >= 0.3 is 0 Å². The Hall–Kier alpha value is -2.10. The van der Waals surface area contributed by atoms with Gasteiger partial charge in [0.15, 0.2) is 0 Å². The summed E-state index contributed by atoms with van der Waals surface area (Å²) in [5.41, 5.74) is 2.41. The van der Waals surface area contributed by atoms with Gasteiger partial charge in [0.25, 0.3) is 11.7 Å². The van der Waals surface area contributed by atoms with E-state index >= 15 is 0 Å².